The number of ketones is 1. The number of fused-ring (bicyclic) bond motifs is 1. The highest BCUT2D eigenvalue weighted by molar-refractivity contribution is 6.08. The lowest BCUT2D eigenvalue weighted by Gasteiger charge is -2.05. The van der Waals surface area contributed by atoms with Crippen LogP contribution in [-0.4, -0.2) is 10.8 Å². The van der Waals surface area contributed by atoms with Gasteiger partial charge in [-0.05, 0) is 17.7 Å². The van der Waals surface area contributed by atoms with Gasteiger partial charge >= 0.3 is 0 Å². The molecule has 2 aromatic carbocycles. The maximum Gasteiger partial charge on any atom is 0.167 e. The van der Waals surface area contributed by atoms with Gasteiger partial charge in [-0.15, -0.1) is 0 Å². The molecule has 0 bridgehead atoms. The third kappa shape index (κ3) is 2.38. The lowest BCUT2D eigenvalue weighted by atomic mass is 9.99. The first-order valence-corrected chi connectivity index (χ1v) is 6.25. The molecule has 0 spiro atoms. The van der Waals surface area contributed by atoms with Crippen molar-refractivity contribution in [3.8, 4) is 0 Å². The van der Waals surface area contributed by atoms with E-state index in [2.05, 4.69) is 4.98 Å². The Morgan fingerprint density at radius 1 is 0.895 bits per heavy atom. The van der Waals surface area contributed by atoms with Gasteiger partial charge in [-0.2, -0.15) is 0 Å². The second-order valence-corrected chi connectivity index (χ2v) is 4.46. The zero-order chi connectivity index (χ0) is 13.1. The van der Waals surface area contributed by atoms with Gasteiger partial charge in [0.05, 0.1) is 5.52 Å². The van der Waals surface area contributed by atoms with Crippen molar-refractivity contribution in [1.29, 1.82) is 0 Å². The fourth-order valence-electron chi connectivity index (χ4n) is 2.22. The first-order chi connectivity index (χ1) is 9.34. The molecule has 0 aliphatic heterocycles. The van der Waals surface area contributed by atoms with E-state index >= 15 is 0 Å². The van der Waals surface area contributed by atoms with Gasteiger partial charge in [-0.25, -0.2) is 0 Å². The largest absolute Gasteiger partial charge is 0.294 e. The van der Waals surface area contributed by atoms with Gasteiger partial charge in [0.25, 0.3) is 0 Å². The number of carbonyl (C=O) groups excluding carboxylic acids is 1. The standard InChI is InChI=1S/C17H13NO/c19-17(12-13-6-2-1-3-7-13)15-8-4-10-16-14(15)9-5-11-18-16/h1-11H,12H2. The van der Waals surface area contributed by atoms with E-state index < -0.39 is 0 Å². The van der Waals surface area contributed by atoms with Gasteiger partial charge in [0, 0.05) is 23.6 Å². The fourth-order valence-corrected chi connectivity index (χ4v) is 2.22. The monoisotopic (exact) mass is 247 g/mol. The molecule has 3 aromatic rings. The highest BCUT2D eigenvalue weighted by atomic mass is 16.1. The Morgan fingerprint density at radius 2 is 1.74 bits per heavy atom. The van der Waals surface area contributed by atoms with E-state index in [-0.39, 0.29) is 5.78 Å². The zero-order valence-corrected chi connectivity index (χ0v) is 10.4. The molecule has 92 valence electrons. The summed E-state index contributed by atoms with van der Waals surface area (Å²) in [5.74, 6) is 0.129. The van der Waals surface area contributed by atoms with Gasteiger partial charge < -0.3 is 0 Å². The number of nitrogens with zero attached hydrogens (tertiary/aromatic N) is 1. The summed E-state index contributed by atoms with van der Waals surface area (Å²) in [6.07, 6.45) is 2.17. The summed E-state index contributed by atoms with van der Waals surface area (Å²) in [7, 11) is 0. The minimum Gasteiger partial charge on any atom is -0.294 e. The Labute approximate surface area is 111 Å². The Balaban J connectivity index is 1.98. The smallest absolute Gasteiger partial charge is 0.167 e. The van der Waals surface area contributed by atoms with Crippen molar-refractivity contribution in [2.75, 3.05) is 0 Å². The molecule has 0 radical (unpaired) electrons. The van der Waals surface area contributed by atoms with Crippen LogP contribution in [0.1, 0.15) is 15.9 Å². The van der Waals surface area contributed by atoms with Crippen LogP contribution in [0, 0.1) is 0 Å². The second-order valence-electron chi connectivity index (χ2n) is 4.46. The fraction of sp³-hybridized carbons (Fsp3) is 0.0588. The summed E-state index contributed by atoms with van der Waals surface area (Å²) in [6, 6.07) is 19.3. The molecule has 0 N–H and O–H groups in total. The molecule has 0 aliphatic carbocycles. The molecule has 0 aliphatic rings. The SMILES string of the molecule is O=C(Cc1ccccc1)c1cccc2ncccc12. The van der Waals surface area contributed by atoms with E-state index in [1.807, 2.05) is 60.7 Å². The summed E-state index contributed by atoms with van der Waals surface area (Å²) in [6.45, 7) is 0. The predicted octanol–water partition coefficient (Wildman–Crippen LogP) is 3.66. The summed E-state index contributed by atoms with van der Waals surface area (Å²) >= 11 is 0. The predicted molar refractivity (Wildman–Crippen MR) is 76.2 cm³/mol. The van der Waals surface area contributed by atoms with Crippen molar-refractivity contribution in [2.24, 2.45) is 0 Å². The summed E-state index contributed by atoms with van der Waals surface area (Å²) in [4.78, 5) is 16.7. The molecule has 2 heteroatoms. The quantitative estimate of drug-likeness (QED) is 0.661. The van der Waals surface area contributed by atoms with Gasteiger partial charge in [0.1, 0.15) is 0 Å². The van der Waals surface area contributed by atoms with Crippen LogP contribution in [0.25, 0.3) is 10.9 Å². The third-order valence-electron chi connectivity index (χ3n) is 3.15. The lowest BCUT2D eigenvalue weighted by Crippen LogP contribution is -2.04. The van der Waals surface area contributed by atoms with Crippen molar-refractivity contribution in [2.45, 2.75) is 6.42 Å². The average molecular weight is 247 g/mol. The first-order valence-electron chi connectivity index (χ1n) is 6.25. The second kappa shape index (κ2) is 5.02. The van der Waals surface area contributed by atoms with Crippen LogP contribution in [-0.2, 0) is 6.42 Å². The van der Waals surface area contributed by atoms with E-state index in [9.17, 15) is 4.79 Å². The van der Waals surface area contributed by atoms with Crippen LogP contribution < -0.4 is 0 Å². The Hall–Kier alpha value is -2.48. The molecular weight excluding hydrogens is 234 g/mol. The number of aromatic nitrogens is 1. The number of hydrogen-bond acceptors (Lipinski definition) is 2. The molecule has 1 aromatic heterocycles. The highest BCUT2D eigenvalue weighted by Gasteiger charge is 2.10. The summed E-state index contributed by atoms with van der Waals surface area (Å²) < 4.78 is 0. The highest BCUT2D eigenvalue weighted by Crippen LogP contribution is 2.18. The summed E-state index contributed by atoms with van der Waals surface area (Å²) in [5, 5.41) is 0.922. The normalized spacial score (nSPS) is 10.5. The molecule has 3 rings (SSSR count). The summed E-state index contributed by atoms with van der Waals surface area (Å²) in [5.41, 5.74) is 2.64. The Bertz CT molecular complexity index is 714. The van der Waals surface area contributed by atoms with Crippen molar-refractivity contribution in [1.82, 2.24) is 4.98 Å². The Morgan fingerprint density at radius 3 is 2.58 bits per heavy atom. The number of benzene rings is 2. The van der Waals surface area contributed by atoms with Crippen LogP contribution in [0.2, 0.25) is 0 Å². The molecule has 1 heterocycles. The van der Waals surface area contributed by atoms with E-state index in [1.165, 1.54) is 0 Å². The number of hydrogen-bond donors (Lipinski definition) is 0. The Kier molecular flexibility index (Phi) is 3.07. The number of rotatable bonds is 3. The minimum atomic E-state index is 0.129. The van der Waals surface area contributed by atoms with Crippen LogP contribution in [0.5, 0.6) is 0 Å². The lowest BCUT2D eigenvalue weighted by molar-refractivity contribution is 0.0994. The van der Waals surface area contributed by atoms with Gasteiger partial charge in [0.15, 0.2) is 5.78 Å². The van der Waals surface area contributed by atoms with E-state index in [1.54, 1.807) is 6.20 Å². The maximum absolute atomic E-state index is 12.4. The number of pyridine rings is 1. The third-order valence-corrected chi connectivity index (χ3v) is 3.15. The van der Waals surface area contributed by atoms with Gasteiger partial charge in [0.2, 0.25) is 0 Å². The van der Waals surface area contributed by atoms with E-state index in [4.69, 9.17) is 0 Å². The molecular formula is C17H13NO. The molecule has 0 saturated heterocycles. The minimum absolute atomic E-state index is 0.129. The van der Waals surface area contributed by atoms with Crippen molar-refractivity contribution in [3.05, 3.63) is 78.0 Å². The molecule has 0 unspecified atom stereocenters. The zero-order valence-electron chi connectivity index (χ0n) is 10.4. The topological polar surface area (TPSA) is 30.0 Å². The first kappa shape index (κ1) is 11.6. The number of Topliss-reactive ketones (excluding diaryl/α,β-unsaturated/α-hetero) is 1. The van der Waals surface area contributed by atoms with Crippen LogP contribution >= 0.6 is 0 Å². The maximum atomic E-state index is 12.4. The molecule has 2 nitrogen and oxygen atoms in total. The van der Waals surface area contributed by atoms with Crippen molar-refractivity contribution >= 4 is 16.7 Å². The van der Waals surface area contributed by atoms with Gasteiger partial charge in [-0.1, -0.05) is 48.5 Å². The van der Waals surface area contributed by atoms with Crippen LogP contribution in [0.3, 0.4) is 0 Å². The van der Waals surface area contributed by atoms with Crippen molar-refractivity contribution < 1.29 is 4.79 Å². The number of carbonyl (C=O) groups is 1. The molecule has 0 atom stereocenters. The van der Waals surface area contributed by atoms with Crippen LogP contribution in [0.4, 0.5) is 0 Å². The average Bonchev–Trinajstić information content (AvgIpc) is 2.47. The van der Waals surface area contributed by atoms with E-state index in [0.29, 0.717) is 6.42 Å². The molecule has 0 amide bonds. The molecule has 19 heavy (non-hydrogen) atoms. The van der Waals surface area contributed by atoms with Crippen molar-refractivity contribution in [3.63, 3.8) is 0 Å². The van der Waals surface area contributed by atoms with E-state index in [0.717, 1.165) is 22.0 Å². The van der Waals surface area contributed by atoms with Gasteiger partial charge in [-0.3, -0.25) is 9.78 Å². The van der Waals surface area contributed by atoms with Crippen LogP contribution in [0.15, 0.2) is 66.9 Å². The molecule has 0 fully saturated rings. The molecule has 0 saturated carbocycles.